The molecule has 2 amide bonds. The molecule has 0 spiro atoms. The van der Waals surface area contributed by atoms with E-state index >= 15 is 0 Å². The molecule has 24 heavy (non-hydrogen) atoms. The topological polar surface area (TPSA) is 46.6 Å². The Kier molecular flexibility index (Phi) is 3.48. The first-order chi connectivity index (χ1) is 11.0. The van der Waals surface area contributed by atoms with E-state index < -0.39 is 22.9 Å². The summed E-state index contributed by atoms with van der Waals surface area (Å²) in [6.07, 6.45) is -3.52. The molecule has 130 valence electrons. The van der Waals surface area contributed by atoms with E-state index in [9.17, 15) is 22.8 Å². The van der Waals surface area contributed by atoms with E-state index in [2.05, 4.69) is 4.74 Å². The summed E-state index contributed by atoms with van der Waals surface area (Å²) in [6, 6.07) is 4.82. The number of piperidine rings is 1. The minimum absolute atomic E-state index is 0.271. The molecular weight excluding hydrogens is 323 g/mol. The third-order valence-corrected chi connectivity index (χ3v) is 5.75. The highest BCUT2D eigenvalue weighted by Gasteiger charge is 2.64. The number of carbonyl (C=O) groups is 2. The number of benzene rings is 1. The molecule has 0 radical (unpaired) electrons. The van der Waals surface area contributed by atoms with Crippen LogP contribution in [0.2, 0.25) is 0 Å². The standard InChI is InChI=1S/C17H18F3NO3/c1-15(2)12-8-9-16(15,3)14(23)21(13(12)22)10-4-6-11(7-5-10)24-17(18,19)20/h4-7,12H,8-9H2,1-3H3. The number of rotatable bonds is 2. The summed E-state index contributed by atoms with van der Waals surface area (Å²) < 4.78 is 40.5. The monoisotopic (exact) mass is 341 g/mol. The Bertz CT molecular complexity index is 696. The summed E-state index contributed by atoms with van der Waals surface area (Å²) in [5.74, 6) is -1.25. The lowest BCUT2D eigenvalue weighted by Gasteiger charge is -2.47. The second kappa shape index (κ2) is 4.97. The zero-order valence-corrected chi connectivity index (χ0v) is 13.6. The van der Waals surface area contributed by atoms with Crippen molar-refractivity contribution in [2.24, 2.45) is 16.7 Å². The van der Waals surface area contributed by atoms with E-state index in [-0.39, 0.29) is 23.4 Å². The van der Waals surface area contributed by atoms with Gasteiger partial charge in [0.25, 0.3) is 0 Å². The lowest BCUT2D eigenvalue weighted by molar-refractivity contribution is -0.274. The van der Waals surface area contributed by atoms with Gasteiger partial charge in [-0.1, -0.05) is 20.8 Å². The number of hydrogen-bond donors (Lipinski definition) is 0. The lowest BCUT2D eigenvalue weighted by atomic mass is 9.62. The normalized spacial score (nSPS) is 29.1. The van der Waals surface area contributed by atoms with Crippen molar-refractivity contribution in [3.05, 3.63) is 24.3 Å². The number of halogens is 3. The highest BCUT2D eigenvalue weighted by molar-refractivity contribution is 6.20. The van der Waals surface area contributed by atoms with Crippen molar-refractivity contribution >= 4 is 17.5 Å². The van der Waals surface area contributed by atoms with E-state index in [0.717, 1.165) is 17.0 Å². The van der Waals surface area contributed by atoms with Gasteiger partial charge < -0.3 is 4.74 Å². The molecule has 1 heterocycles. The van der Waals surface area contributed by atoms with Crippen LogP contribution in [0.1, 0.15) is 33.6 Å². The van der Waals surface area contributed by atoms with Gasteiger partial charge in [-0.25, -0.2) is 4.90 Å². The van der Waals surface area contributed by atoms with Crippen LogP contribution in [0, 0.1) is 16.7 Å². The first-order valence-corrected chi connectivity index (χ1v) is 7.71. The predicted octanol–water partition coefficient (Wildman–Crippen LogP) is 3.90. The number of anilines is 1. The van der Waals surface area contributed by atoms with E-state index in [0.29, 0.717) is 12.8 Å². The van der Waals surface area contributed by atoms with Gasteiger partial charge in [0.05, 0.1) is 11.1 Å². The van der Waals surface area contributed by atoms with Crippen LogP contribution in [0.4, 0.5) is 18.9 Å². The smallest absolute Gasteiger partial charge is 0.406 e. The van der Waals surface area contributed by atoms with Crippen LogP contribution in [0.15, 0.2) is 24.3 Å². The quantitative estimate of drug-likeness (QED) is 0.767. The van der Waals surface area contributed by atoms with Crippen LogP contribution in [0.5, 0.6) is 5.75 Å². The number of fused-ring (bicyclic) bond motifs is 2. The molecule has 1 aliphatic carbocycles. The highest BCUT2D eigenvalue weighted by Crippen LogP contribution is 2.60. The van der Waals surface area contributed by atoms with E-state index in [1.165, 1.54) is 12.1 Å². The molecule has 4 nitrogen and oxygen atoms in total. The van der Waals surface area contributed by atoms with Gasteiger partial charge in [-0.3, -0.25) is 9.59 Å². The van der Waals surface area contributed by atoms with Crippen molar-refractivity contribution < 1.29 is 27.5 Å². The summed E-state index contributed by atoms with van der Waals surface area (Å²) in [7, 11) is 0. The van der Waals surface area contributed by atoms with Crippen molar-refractivity contribution in [2.45, 2.75) is 40.0 Å². The number of ether oxygens (including phenoxy) is 1. The summed E-state index contributed by atoms with van der Waals surface area (Å²) in [5.41, 5.74) is -0.822. The summed E-state index contributed by atoms with van der Waals surface area (Å²) in [5, 5.41) is 0. The molecule has 2 aliphatic rings. The Balaban J connectivity index is 1.93. The van der Waals surface area contributed by atoms with Gasteiger partial charge >= 0.3 is 6.36 Å². The molecular formula is C17H18F3NO3. The first-order valence-electron chi connectivity index (χ1n) is 7.71. The van der Waals surface area contributed by atoms with E-state index in [1.807, 2.05) is 20.8 Å². The molecule has 1 aromatic rings. The van der Waals surface area contributed by atoms with Gasteiger partial charge in [0, 0.05) is 5.92 Å². The van der Waals surface area contributed by atoms with Crippen LogP contribution < -0.4 is 9.64 Å². The molecule has 2 atom stereocenters. The third-order valence-electron chi connectivity index (χ3n) is 5.75. The number of amides is 2. The summed E-state index contributed by atoms with van der Waals surface area (Å²) in [6.45, 7) is 5.71. The molecule has 2 unspecified atom stereocenters. The van der Waals surface area contributed by atoms with Gasteiger partial charge in [-0.05, 0) is 42.5 Å². The molecule has 1 saturated heterocycles. The van der Waals surface area contributed by atoms with Gasteiger partial charge in [0.2, 0.25) is 11.8 Å². The molecule has 1 aliphatic heterocycles. The van der Waals surface area contributed by atoms with Crippen LogP contribution >= 0.6 is 0 Å². The fourth-order valence-corrected chi connectivity index (χ4v) is 3.86. The average molecular weight is 341 g/mol. The maximum absolute atomic E-state index is 12.9. The largest absolute Gasteiger partial charge is 0.573 e. The highest BCUT2D eigenvalue weighted by atomic mass is 19.4. The second-order valence-corrected chi connectivity index (χ2v) is 7.17. The fourth-order valence-electron chi connectivity index (χ4n) is 3.86. The Morgan fingerprint density at radius 3 is 2.25 bits per heavy atom. The Hall–Kier alpha value is -2.05. The number of imide groups is 1. The maximum Gasteiger partial charge on any atom is 0.573 e. The molecule has 2 bridgehead atoms. The van der Waals surface area contributed by atoms with Crippen molar-refractivity contribution in [2.75, 3.05) is 4.90 Å². The number of carbonyl (C=O) groups excluding carboxylic acids is 2. The zero-order chi connectivity index (χ0) is 17.9. The van der Waals surface area contributed by atoms with Gasteiger partial charge in [0.15, 0.2) is 0 Å². The van der Waals surface area contributed by atoms with Gasteiger partial charge in [-0.2, -0.15) is 0 Å². The Labute approximate surface area is 137 Å². The number of alkyl halides is 3. The maximum atomic E-state index is 12.9. The van der Waals surface area contributed by atoms with Gasteiger partial charge in [-0.15, -0.1) is 13.2 Å². The SMILES string of the molecule is CC12CCC(C(=O)N(c3ccc(OC(F)(F)F)cc3)C1=O)C2(C)C. The number of nitrogens with zero attached hydrogens (tertiary/aromatic N) is 1. The van der Waals surface area contributed by atoms with Crippen LogP contribution in [-0.2, 0) is 9.59 Å². The number of hydrogen-bond acceptors (Lipinski definition) is 3. The Morgan fingerprint density at radius 2 is 1.71 bits per heavy atom. The van der Waals surface area contributed by atoms with Crippen LogP contribution in [-0.4, -0.2) is 18.2 Å². The van der Waals surface area contributed by atoms with Crippen LogP contribution in [0.25, 0.3) is 0 Å². The molecule has 7 heteroatoms. The van der Waals surface area contributed by atoms with Gasteiger partial charge in [0.1, 0.15) is 5.75 Å². The first kappa shape index (κ1) is 16.8. The van der Waals surface area contributed by atoms with Crippen molar-refractivity contribution in [1.29, 1.82) is 0 Å². The summed E-state index contributed by atoms with van der Waals surface area (Å²) >= 11 is 0. The second-order valence-electron chi connectivity index (χ2n) is 7.17. The molecule has 1 aromatic carbocycles. The molecule has 1 saturated carbocycles. The predicted molar refractivity (Wildman–Crippen MR) is 80.2 cm³/mol. The third kappa shape index (κ3) is 2.29. The molecule has 0 N–H and O–H groups in total. The average Bonchev–Trinajstić information content (AvgIpc) is 2.64. The lowest BCUT2D eigenvalue weighted by Crippen LogP contribution is -2.59. The molecule has 2 fully saturated rings. The Morgan fingerprint density at radius 1 is 1.12 bits per heavy atom. The van der Waals surface area contributed by atoms with Crippen molar-refractivity contribution in [3.8, 4) is 5.75 Å². The zero-order valence-electron chi connectivity index (χ0n) is 13.6. The van der Waals surface area contributed by atoms with Crippen molar-refractivity contribution in [1.82, 2.24) is 0 Å². The fraction of sp³-hybridized carbons (Fsp3) is 0.529. The minimum atomic E-state index is -4.78. The van der Waals surface area contributed by atoms with E-state index in [1.54, 1.807) is 0 Å². The minimum Gasteiger partial charge on any atom is -0.406 e. The van der Waals surface area contributed by atoms with Crippen molar-refractivity contribution in [3.63, 3.8) is 0 Å². The molecule has 3 rings (SSSR count). The van der Waals surface area contributed by atoms with Crippen LogP contribution in [0.3, 0.4) is 0 Å². The van der Waals surface area contributed by atoms with E-state index in [4.69, 9.17) is 0 Å². The molecule has 0 aromatic heterocycles. The summed E-state index contributed by atoms with van der Waals surface area (Å²) in [4.78, 5) is 26.8.